The summed E-state index contributed by atoms with van der Waals surface area (Å²) in [4.78, 5) is 36.6. The summed E-state index contributed by atoms with van der Waals surface area (Å²) in [6, 6.07) is 30.9. The van der Waals surface area contributed by atoms with E-state index in [0.717, 1.165) is 56.2 Å². The first-order valence-electron chi connectivity index (χ1n) is 13.3. The number of carbonyl (C=O) groups excluding carboxylic acids is 1. The minimum atomic E-state index is -1.09. The smallest absolute Gasteiger partial charge is 0.355 e. The highest BCUT2D eigenvalue weighted by Gasteiger charge is 2.25. The molecule has 4 aromatic carbocycles. The van der Waals surface area contributed by atoms with Crippen molar-refractivity contribution in [2.45, 2.75) is 12.8 Å². The fraction of sp³-hybridized carbons (Fsp3) is 0.0909. The van der Waals surface area contributed by atoms with Crippen LogP contribution in [0.3, 0.4) is 0 Å². The molecule has 0 fully saturated rings. The molecule has 0 unspecified atom stereocenters. The molecule has 0 spiro atoms. The summed E-state index contributed by atoms with van der Waals surface area (Å²) in [5, 5.41) is 15.7. The maximum atomic E-state index is 13.4. The van der Waals surface area contributed by atoms with Gasteiger partial charge in [-0.3, -0.25) is 10.2 Å². The predicted octanol–water partition coefficient (Wildman–Crippen LogP) is 7.86. The largest absolute Gasteiger partial charge is 0.476 e. The lowest BCUT2D eigenvalue weighted by Gasteiger charge is -2.29. The standard InChI is InChI=1S/C33H24N4O3S/c38-31(39)30-25(23-13-11-20-6-1-2-7-22(20)18-23)15-16-26(34-30)24-14-12-21-8-5-17-37(28(21)19-24)33(40)36-32-35-27-9-3-4-10-29(27)41-32/h1-4,6-7,9-16,18-19H,5,8,17H2,(H,38,39)(H,35,36,40). The van der Waals surface area contributed by atoms with E-state index in [1.54, 1.807) is 4.90 Å². The van der Waals surface area contributed by atoms with E-state index in [-0.39, 0.29) is 11.7 Å². The first-order valence-corrected chi connectivity index (χ1v) is 14.2. The molecule has 1 aliphatic heterocycles. The first-order chi connectivity index (χ1) is 20.0. The lowest BCUT2D eigenvalue weighted by atomic mass is 9.96. The minimum absolute atomic E-state index is 0.0130. The Morgan fingerprint density at radius 3 is 2.49 bits per heavy atom. The normalized spacial score (nSPS) is 12.8. The summed E-state index contributed by atoms with van der Waals surface area (Å²) in [6.45, 7) is 0.571. The molecule has 2 aromatic heterocycles. The van der Waals surface area contributed by atoms with Gasteiger partial charge in [0.2, 0.25) is 0 Å². The summed E-state index contributed by atoms with van der Waals surface area (Å²) in [5.41, 5.74) is 5.32. The zero-order chi connectivity index (χ0) is 27.9. The summed E-state index contributed by atoms with van der Waals surface area (Å²) < 4.78 is 1.01. The number of urea groups is 1. The van der Waals surface area contributed by atoms with Crippen molar-refractivity contribution >= 4 is 55.1 Å². The van der Waals surface area contributed by atoms with E-state index < -0.39 is 5.97 Å². The van der Waals surface area contributed by atoms with Gasteiger partial charge in [0.05, 0.1) is 15.9 Å². The molecule has 0 saturated carbocycles. The van der Waals surface area contributed by atoms with E-state index in [0.29, 0.717) is 22.9 Å². The van der Waals surface area contributed by atoms with Crippen LogP contribution in [-0.2, 0) is 6.42 Å². The van der Waals surface area contributed by atoms with E-state index in [1.165, 1.54) is 11.3 Å². The zero-order valence-corrected chi connectivity index (χ0v) is 22.7. The van der Waals surface area contributed by atoms with Crippen molar-refractivity contribution in [3.05, 3.63) is 108 Å². The fourth-order valence-electron chi connectivity index (χ4n) is 5.40. The predicted molar refractivity (Wildman–Crippen MR) is 164 cm³/mol. The fourth-order valence-corrected chi connectivity index (χ4v) is 6.26. The number of fused-ring (bicyclic) bond motifs is 3. The number of anilines is 2. The molecule has 3 heterocycles. The maximum absolute atomic E-state index is 13.4. The number of para-hydroxylation sites is 1. The highest BCUT2D eigenvalue weighted by Crippen LogP contribution is 2.35. The molecular formula is C33H24N4O3S. The van der Waals surface area contributed by atoms with E-state index in [9.17, 15) is 14.7 Å². The second kappa shape index (κ2) is 10.1. The van der Waals surface area contributed by atoms with E-state index >= 15 is 0 Å². The summed E-state index contributed by atoms with van der Waals surface area (Å²) in [5.74, 6) is -1.09. The molecule has 7 rings (SSSR count). The third-order valence-corrected chi connectivity index (χ3v) is 8.36. The molecular weight excluding hydrogens is 532 g/mol. The number of rotatable bonds is 4. The monoisotopic (exact) mass is 556 g/mol. The number of nitrogens with one attached hydrogen (secondary N) is 1. The Morgan fingerprint density at radius 1 is 0.829 bits per heavy atom. The number of hydrogen-bond donors (Lipinski definition) is 2. The number of carboxylic acid groups (broad SMARTS) is 1. The number of aryl methyl sites for hydroxylation is 1. The number of benzene rings is 4. The van der Waals surface area contributed by atoms with E-state index in [2.05, 4.69) is 15.3 Å². The Balaban J connectivity index is 1.22. The van der Waals surface area contributed by atoms with Crippen molar-refractivity contribution in [1.82, 2.24) is 9.97 Å². The number of nitrogens with zero attached hydrogens (tertiary/aromatic N) is 3. The molecule has 6 aromatic rings. The highest BCUT2D eigenvalue weighted by atomic mass is 32.1. The van der Waals surface area contributed by atoms with Crippen LogP contribution in [0, 0.1) is 0 Å². The molecule has 1 aliphatic rings. The van der Waals surface area contributed by atoms with Crippen molar-refractivity contribution < 1.29 is 14.7 Å². The van der Waals surface area contributed by atoms with Crippen molar-refractivity contribution in [2.75, 3.05) is 16.8 Å². The van der Waals surface area contributed by atoms with Crippen LogP contribution >= 0.6 is 11.3 Å². The van der Waals surface area contributed by atoms with Crippen molar-refractivity contribution in [3.63, 3.8) is 0 Å². The molecule has 8 heteroatoms. The second-order valence-electron chi connectivity index (χ2n) is 9.98. The molecule has 2 amide bonds. The van der Waals surface area contributed by atoms with Crippen molar-refractivity contribution in [1.29, 1.82) is 0 Å². The van der Waals surface area contributed by atoms with Crippen LogP contribution in [0.4, 0.5) is 15.6 Å². The Hall–Kier alpha value is -5.08. The highest BCUT2D eigenvalue weighted by molar-refractivity contribution is 7.22. The van der Waals surface area contributed by atoms with E-state index in [4.69, 9.17) is 0 Å². The molecule has 0 bridgehead atoms. The number of thiazole rings is 1. The van der Waals surface area contributed by atoms with E-state index in [1.807, 2.05) is 97.1 Å². The maximum Gasteiger partial charge on any atom is 0.355 e. The summed E-state index contributed by atoms with van der Waals surface area (Å²) >= 11 is 1.44. The van der Waals surface area contributed by atoms with Crippen LogP contribution in [0.25, 0.3) is 43.4 Å². The molecule has 41 heavy (non-hydrogen) atoms. The second-order valence-corrected chi connectivity index (χ2v) is 11.0. The minimum Gasteiger partial charge on any atom is -0.476 e. The Morgan fingerprint density at radius 2 is 1.63 bits per heavy atom. The lowest BCUT2D eigenvalue weighted by molar-refractivity contribution is 0.0691. The van der Waals surface area contributed by atoms with Crippen LogP contribution in [-0.4, -0.2) is 33.6 Å². The lowest BCUT2D eigenvalue weighted by Crippen LogP contribution is -2.38. The third-order valence-electron chi connectivity index (χ3n) is 7.41. The van der Waals surface area contributed by atoms with Crippen LogP contribution in [0.5, 0.6) is 0 Å². The Bertz CT molecular complexity index is 1950. The van der Waals surface area contributed by atoms with Gasteiger partial charge in [0.25, 0.3) is 0 Å². The number of hydrogen-bond acceptors (Lipinski definition) is 5. The van der Waals surface area contributed by atoms with Gasteiger partial charge in [0.15, 0.2) is 10.8 Å². The number of carbonyl (C=O) groups is 2. The molecule has 0 atom stereocenters. The van der Waals surface area contributed by atoms with Gasteiger partial charge in [-0.25, -0.2) is 19.6 Å². The number of amides is 2. The molecule has 2 N–H and O–H groups in total. The molecule has 0 radical (unpaired) electrons. The van der Waals surface area contributed by atoms with Crippen LogP contribution in [0.2, 0.25) is 0 Å². The SMILES string of the molecule is O=C(O)c1nc(-c2ccc3c(c2)N(C(=O)Nc2nc4ccccc4s2)CCC3)ccc1-c1ccc2ccccc2c1. The number of carboxylic acids is 1. The molecule has 7 nitrogen and oxygen atoms in total. The van der Waals surface area contributed by atoms with Gasteiger partial charge in [0, 0.05) is 23.4 Å². The Kier molecular flexibility index (Phi) is 6.17. The number of aromatic carboxylic acids is 1. The average Bonchev–Trinajstić information content (AvgIpc) is 3.42. The van der Waals surface area contributed by atoms with Gasteiger partial charge in [-0.1, -0.05) is 72.0 Å². The third kappa shape index (κ3) is 4.68. The molecule has 200 valence electrons. The number of pyridine rings is 1. The zero-order valence-electron chi connectivity index (χ0n) is 21.9. The summed E-state index contributed by atoms with van der Waals surface area (Å²) in [7, 11) is 0. The van der Waals surface area contributed by atoms with Gasteiger partial charge >= 0.3 is 12.0 Å². The molecule has 0 aliphatic carbocycles. The number of aromatic nitrogens is 2. The van der Waals surface area contributed by atoms with Crippen molar-refractivity contribution in [2.24, 2.45) is 0 Å². The quantitative estimate of drug-likeness (QED) is 0.230. The van der Waals surface area contributed by atoms with Crippen molar-refractivity contribution in [3.8, 4) is 22.4 Å². The van der Waals surface area contributed by atoms with Gasteiger partial charge in [-0.15, -0.1) is 0 Å². The topological polar surface area (TPSA) is 95.4 Å². The molecule has 0 saturated heterocycles. The summed E-state index contributed by atoms with van der Waals surface area (Å²) in [6.07, 6.45) is 1.71. The van der Waals surface area contributed by atoms with Gasteiger partial charge in [-0.2, -0.15) is 0 Å². The first kappa shape index (κ1) is 24.9. The van der Waals surface area contributed by atoms with Gasteiger partial charge in [0.1, 0.15) is 0 Å². The Labute approximate surface area is 239 Å². The van der Waals surface area contributed by atoms with Crippen LogP contribution < -0.4 is 10.2 Å². The van der Waals surface area contributed by atoms with Crippen LogP contribution in [0.1, 0.15) is 22.5 Å². The van der Waals surface area contributed by atoms with Gasteiger partial charge in [-0.05, 0) is 71.1 Å². The van der Waals surface area contributed by atoms with Crippen LogP contribution in [0.15, 0.2) is 97.1 Å². The average molecular weight is 557 g/mol. The van der Waals surface area contributed by atoms with Gasteiger partial charge < -0.3 is 5.11 Å².